The summed E-state index contributed by atoms with van der Waals surface area (Å²) in [5.41, 5.74) is 0. The maximum Gasteiger partial charge on any atom is 0.292 e. The molecule has 0 aromatic heterocycles. The topological polar surface area (TPSA) is 38.3 Å². The van der Waals surface area contributed by atoms with E-state index < -0.39 is 16.6 Å². The van der Waals surface area contributed by atoms with Gasteiger partial charge in [0.15, 0.2) is 0 Å². The molecule has 0 saturated heterocycles. The van der Waals surface area contributed by atoms with E-state index in [0.29, 0.717) is 6.42 Å². The van der Waals surface area contributed by atoms with E-state index in [1.807, 2.05) is 0 Å². The van der Waals surface area contributed by atoms with Crippen LogP contribution in [0.4, 0.5) is 0 Å². The Morgan fingerprint density at radius 1 is 0.810 bits per heavy atom. The van der Waals surface area contributed by atoms with Gasteiger partial charge in [0.2, 0.25) is 8.32 Å². The number of rotatable bonds is 12. The van der Waals surface area contributed by atoms with Gasteiger partial charge in [0.05, 0.1) is 0 Å². The number of carbonyl (C=O) groups is 1. The highest BCUT2D eigenvalue weighted by atomic mass is 28.4. The third kappa shape index (κ3) is 17.8. The van der Waals surface area contributed by atoms with Crippen molar-refractivity contribution in [1.82, 2.24) is 4.98 Å². The molecule has 0 rings (SSSR count). The lowest BCUT2D eigenvalue weighted by molar-refractivity contribution is -0.135. The Labute approximate surface area is 134 Å². The minimum atomic E-state index is -1.68. The summed E-state index contributed by atoms with van der Waals surface area (Å²) < 4.78 is 5.43. The van der Waals surface area contributed by atoms with Crippen molar-refractivity contribution in [1.29, 1.82) is 0 Å². The molecule has 126 valence electrons. The first kappa shape index (κ1) is 20.9. The Balaban J connectivity index is 3.28. The summed E-state index contributed by atoms with van der Waals surface area (Å²) in [6.45, 7) is 14.4. The lowest BCUT2D eigenvalue weighted by Gasteiger charge is -2.17. The summed E-state index contributed by atoms with van der Waals surface area (Å²) in [7, 11) is -2.74. The van der Waals surface area contributed by atoms with Gasteiger partial charge in [0, 0.05) is 6.42 Å². The summed E-state index contributed by atoms with van der Waals surface area (Å²) in [5.74, 6) is 0.00610. The van der Waals surface area contributed by atoms with Crippen molar-refractivity contribution in [2.75, 3.05) is 6.54 Å². The largest absolute Gasteiger partial charge is 0.520 e. The normalized spacial score (nSPS) is 12.5. The minimum Gasteiger partial charge on any atom is -0.520 e. The first-order valence-electron chi connectivity index (χ1n) is 8.57. The van der Waals surface area contributed by atoms with Crippen molar-refractivity contribution in [3.8, 4) is 0 Å². The van der Waals surface area contributed by atoms with Crippen LogP contribution in [0.3, 0.4) is 0 Å². The quantitative estimate of drug-likeness (QED) is 0.408. The molecule has 5 heteroatoms. The molecule has 0 radical (unpaired) electrons. The summed E-state index contributed by atoms with van der Waals surface area (Å²) >= 11 is 0. The van der Waals surface area contributed by atoms with Crippen molar-refractivity contribution >= 4 is 22.5 Å². The third-order valence-electron chi connectivity index (χ3n) is 3.13. The van der Waals surface area contributed by atoms with E-state index in [0.717, 1.165) is 12.8 Å². The van der Waals surface area contributed by atoms with Crippen molar-refractivity contribution in [3.05, 3.63) is 0 Å². The molecule has 0 saturated carbocycles. The van der Waals surface area contributed by atoms with Gasteiger partial charge in [0.1, 0.15) is 8.24 Å². The van der Waals surface area contributed by atoms with E-state index in [4.69, 9.17) is 4.43 Å². The van der Waals surface area contributed by atoms with E-state index >= 15 is 0 Å². The SMILES string of the molecule is C[Si](C)(C)NCCCCCCCCCC(=O)O[Si](C)(C)C. The molecule has 0 heterocycles. The molecule has 0 fully saturated rings. The fourth-order valence-electron chi connectivity index (χ4n) is 2.13. The predicted molar refractivity (Wildman–Crippen MR) is 97.7 cm³/mol. The average Bonchev–Trinajstić information content (AvgIpc) is 2.27. The highest BCUT2D eigenvalue weighted by Crippen LogP contribution is 2.11. The molecule has 0 aliphatic carbocycles. The molecule has 0 unspecified atom stereocenters. The van der Waals surface area contributed by atoms with E-state index in [9.17, 15) is 4.79 Å². The lowest BCUT2D eigenvalue weighted by atomic mass is 10.1. The Kier molecular flexibility index (Phi) is 10.5. The van der Waals surface area contributed by atoms with Crippen molar-refractivity contribution in [3.63, 3.8) is 0 Å². The van der Waals surface area contributed by atoms with Crippen LogP contribution in [0.25, 0.3) is 0 Å². The van der Waals surface area contributed by atoms with Crippen LogP contribution >= 0.6 is 0 Å². The van der Waals surface area contributed by atoms with E-state index in [1.54, 1.807) is 0 Å². The van der Waals surface area contributed by atoms with Gasteiger partial charge in [-0.25, -0.2) is 0 Å². The van der Waals surface area contributed by atoms with E-state index in [-0.39, 0.29) is 5.97 Å². The predicted octanol–water partition coefficient (Wildman–Crippen LogP) is 4.91. The Morgan fingerprint density at radius 3 is 1.76 bits per heavy atom. The first-order valence-corrected chi connectivity index (χ1v) is 15.5. The lowest BCUT2D eigenvalue weighted by Crippen LogP contribution is -2.41. The van der Waals surface area contributed by atoms with E-state index in [2.05, 4.69) is 44.3 Å². The highest BCUT2D eigenvalue weighted by Gasteiger charge is 2.19. The van der Waals surface area contributed by atoms with Crippen LogP contribution in [0.15, 0.2) is 0 Å². The summed E-state index contributed by atoms with van der Waals surface area (Å²) in [6.07, 6.45) is 9.26. The second-order valence-corrected chi connectivity index (χ2v) is 17.3. The van der Waals surface area contributed by atoms with Crippen LogP contribution in [0, 0.1) is 0 Å². The van der Waals surface area contributed by atoms with Gasteiger partial charge in [-0.2, -0.15) is 0 Å². The Hall–Kier alpha value is -0.136. The number of hydrogen-bond acceptors (Lipinski definition) is 3. The van der Waals surface area contributed by atoms with Crippen LogP contribution in [0.5, 0.6) is 0 Å². The van der Waals surface area contributed by atoms with Crippen LogP contribution in [0.1, 0.15) is 51.4 Å². The van der Waals surface area contributed by atoms with Crippen molar-refractivity contribution < 1.29 is 9.22 Å². The van der Waals surface area contributed by atoms with Gasteiger partial charge in [-0.15, -0.1) is 0 Å². The first-order chi connectivity index (χ1) is 9.60. The molecule has 0 amide bonds. The van der Waals surface area contributed by atoms with Gasteiger partial charge in [0.25, 0.3) is 5.97 Å². The molecule has 0 aromatic carbocycles. The second kappa shape index (κ2) is 10.6. The number of hydrogen-bond donors (Lipinski definition) is 1. The molecule has 0 bridgehead atoms. The molecule has 21 heavy (non-hydrogen) atoms. The van der Waals surface area contributed by atoms with Crippen LogP contribution in [-0.2, 0) is 9.22 Å². The highest BCUT2D eigenvalue weighted by molar-refractivity contribution is 6.73. The van der Waals surface area contributed by atoms with Gasteiger partial charge in [-0.3, -0.25) is 4.79 Å². The molecular formula is C16H37NO2Si2. The van der Waals surface area contributed by atoms with Crippen molar-refractivity contribution in [2.24, 2.45) is 0 Å². The fourth-order valence-corrected chi connectivity index (χ4v) is 3.85. The van der Waals surface area contributed by atoms with Gasteiger partial charge < -0.3 is 9.41 Å². The Bertz CT molecular complexity index is 283. The summed E-state index contributed by atoms with van der Waals surface area (Å²) in [5, 5.41) is 0. The van der Waals surface area contributed by atoms with E-state index in [1.165, 1.54) is 38.6 Å². The molecule has 0 aliphatic rings. The smallest absolute Gasteiger partial charge is 0.292 e. The van der Waals surface area contributed by atoms with Crippen LogP contribution in [0.2, 0.25) is 39.3 Å². The third-order valence-corrected chi connectivity index (χ3v) is 5.28. The second-order valence-electron chi connectivity index (χ2n) is 7.99. The number of unbranched alkanes of at least 4 members (excludes halogenated alkanes) is 6. The number of nitrogens with one attached hydrogen (secondary N) is 1. The zero-order chi connectivity index (χ0) is 16.4. The van der Waals surface area contributed by atoms with Crippen molar-refractivity contribution in [2.45, 2.75) is 90.6 Å². The maximum atomic E-state index is 11.6. The molecule has 0 atom stereocenters. The molecule has 0 aromatic rings. The molecule has 3 nitrogen and oxygen atoms in total. The Morgan fingerprint density at radius 2 is 1.29 bits per heavy atom. The fraction of sp³-hybridized carbons (Fsp3) is 0.938. The van der Waals surface area contributed by atoms with Crippen LogP contribution in [-0.4, -0.2) is 29.1 Å². The zero-order valence-corrected chi connectivity index (χ0v) is 17.2. The summed E-state index contributed by atoms with van der Waals surface area (Å²) in [4.78, 5) is 15.2. The van der Waals surface area contributed by atoms with Gasteiger partial charge >= 0.3 is 0 Å². The molecule has 1 N–H and O–H groups in total. The monoisotopic (exact) mass is 331 g/mol. The maximum absolute atomic E-state index is 11.6. The molecule has 0 aliphatic heterocycles. The van der Waals surface area contributed by atoms with Gasteiger partial charge in [-0.1, -0.05) is 51.7 Å². The summed E-state index contributed by atoms with van der Waals surface area (Å²) in [6, 6.07) is 0. The average molecular weight is 332 g/mol. The molecule has 0 spiro atoms. The van der Waals surface area contributed by atoms with Crippen LogP contribution < -0.4 is 4.98 Å². The van der Waals surface area contributed by atoms with Gasteiger partial charge in [-0.05, 0) is 39.0 Å². The minimum absolute atomic E-state index is 0.00610. The standard InChI is InChI=1S/C16H37NO2Si2/c1-20(2,3)17-15-13-11-9-7-8-10-12-14-16(18)19-21(4,5)6/h17H,7-15H2,1-6H3. The number of carbonyl (C=O) groups excluding carboxylic acids is 1. The zero-order valence-electron chi connectivity index (χ0n) is 15.2. The molecular weight excluding hydrogens is 294 g/mol.